The number of benzene rings is 2. The molecular weight excluding hydrogens is 400 g/mol. The monoisotopic (exact) mass is 426 g/mol. The summed E-state index contributed by atoms with van der Waals surface area (Å²) in [4.78, 5) is 20.9. The molecule has 2 aromatic rings. The van der Waals surface area contributed by atoms with Gasteiger partial charge in [0, 0.05) is 29.5 Å². The summed E-state index contributed by atoms with van der Waals surface area (Å²) in [5, 5.41) is 4.98. The van der Waals surface area contributed by atoms with Crippen molar-refractivity contribution in [3.05, 3.63) is 64.7 Å². The van der Waals surface area contributed by atoms with Gasteiger partial charge in [-0.2, -0.15) is 0 Å². The summed E-state index contributed by atoms with van der Waals surface area (Å²) in [6, 6.07) is 15.5. The first-order valence-corrected chi connectivity index (χ1v) is 10.9. The van der Waals surface area contributed by atoms with Crippen LogP contribution in [0.1, 0.15) is 43.2 Å². The van der Waals surface area contributed by atoms with E-state index in [2.05, 4.69) is 5.16 Å². The number of carbonyl (C=O) groups excluding carboxylic acids is 1. The normalized spacial score (nSPS) is 18.7. The quantitative estimate of drug-likeness (QED) is 0.621. The van der Waals surface area contributed by atoms with Crippen LogP contribution < -0.4 is 4.74 Å². The summed E-state index contributed by atoms with van der Waals surface area (Å²) in [6.45, 7) is 1.03. The number of para-hydroxylation sites is 1. The molecule has 0 aromatic heterocycles. The Labute approximate surface area is 182 Å². The van der Waals surface area contributed by atoms with Crippen LogP contribution >= 0.6 is 11.6 Å². The molecule has 158 valence electrons. The molecule has 2 aliphatic rings. The zero-order valence-corrected chi connectivity index (χ0v) is 18.0. The number of hydrogen-bond donors (Lipinski definition) is 0. The second-order valence-electron chi connectivity index (χ2n) is 8.00. The fourth-order valence-corrected chi connectivity index (χ4v) is 4.55. The molecule has 4 rings (SSSR count). The van der Waals surface area contributed by atoms with E-state index in [1.807, 2.05) is 53.4 Å². The van der Waals surface area contributed by atoms with E-state index in [1.54, 1.807) is 7.11 Å². The molecule has 0 N–H and O–H groups in total. The van der Waals surface area contributed by atoms with Crippen molar-refractivity contribution in [1.82, 2.24) is 4.90 Å². The summed E-state index contributed by atoms with van der Waals surface area (Å²) >= 11 is 6.16. The maximum atomic E-state index is 13.3. The molecule has 1 fully saturated rings. The highest BCUT2D eigenvalue weighted by Gasteiger charge is 2.32. The first-order chi connectivity index (χ1) is 14.6. The summed E-state index contributed by atoms with van der Waals surface area (Å²) in [6.07, 6.45) is 4.67. The van der Waals surface area contributed by atoms with E-state index in [1.165, 1.54) is 0 Å². The van der Waals surface area contributed by atoms with E-state index >= 15 is 0 Å². The number of halogens is 1. The molecule has 1 aliphatic carbocycles. The SMILES string of the molecule is COc1ccccc1C1=NO[C@@H](CN(Cc2cccc(Cl)c2)C(=O)C2CCCC2)C1. The van der Waals surface area contributed by atoms with Crippen LogP contribution in [-0.4, -0.2) is 36.3 Å². The van der Waals surface area contributed by atoms with Gasteiger partial charge in [0.2, 0.25) is 5.91 Å². The molecule has 2 aromatic carbocycles. The van der Waals surface area contributed by atoms with E-state index < -0.39 is 0 Å². The highest BCUT2D eigenvalue weighted by molar-refractivity contribution is 6.30. The van der Waals surface area contributed by atoms with Gasteiger partial charge in [-0.25, -0.2) is 0 Å². The second kappa shape index (κ2) is 9.52. The number of oxime groups is 1. The van der Waals surface area contributed by atoms with Crippen molar-refractivity contribution in [3.8, 4) is 5.75 Å². The van der Waals surface area contributed by atoms with E-state index in [4.69, 9.17) is 21.2 Å². The third kappa shape index (κ3) is 4.78. The zero-order valence-electron chi connectivity index (χ0n) is 17.2. The Kier molecular flexibility index (Phi) is 6.58. The molecule has 0 radical (unpaired) electrons. The van der Waals surface area contributed by atoms with Crippen molar-refractivity contribution < 1.29 is 14.4 Å². The fraction of sp³-hybridized carbons (Fsp3) is 0.417. The second-order valence-corrected chi connectivity index (χ2v) is 8.44. The van der Waals surface area contributed by atoms with Gasteiger partial charge in [0.25, 0.3) is 0 Å². The smallest absolute Gasteiger partial charge is 0.226 e. The van der Waals surface area contributed by atoms with Crippen LogP contribution in [0.3, 0.4) is 0 Å². The number of nitrogens with zero attached hydrogens (tertiary/aromatic N) is 2. The van der Waals surface area contributed by atoms with Crippen molar-refractivity contribution in [2.75, 3.05) is 13.7 Å². The number of hydrogen-bond acceptors (Lipinski definition) is 4. The highest BCUT2D eigenvalue weighted by Crippen LogP contribution is 2.29. The summed E-state index contributed by atoms with van der Waals surface area (Å²) < 4.78 is 5.46. The Morgan fingerprint density at radius 2 is 2.00 bits per heavy atom. The predicted molar refractivity (Wildman–Crippen MR) is 118 cm³/mol. The van der Waals surface area contributed by atoms with E-state index in [0.29, 0.717) is 24.5 Å². The molecule has 0 bridgehead atoms. The van der Waals surface area contributed by atoms with Crippen molar-refractivity contribution in [2.24, 2.45) is 11.1 Å². The highest BCUT2D eigenvalue weighted by atomic mass is 35.5. The molecule has 1 saturated carbocycles. The van der Waals surface area contributed by atoms with Gasteiger partial charge in [0.1, 0.15) is 5.75 Å². The van der Waals surface area contributed by atoms with Gasteiger partial charge in [0.15, 0.2) is 6.10 Å². The Hall–Kier alpha value is -2.53. The lowest BCUT2D eigenvalue weighted by Gasteiger charge is -2.27. The maximum Gasteiger partial charge on any atom is 0.226 e. The van der Waals surface area contributed by atoms with Crippen LogP contribution in [0.15, 0.2) is 53.7 Å². The van der Waals surface area contributed by atoms with E-state index in [0.717, 1.165) is 48.3 Å². The average Bonchev–Trinajstić information content (AvgIpc) is 3.45. The Balaban J connectivity index is 1.47. The lowest BCUT2D eigenvalue weighted by molar-refractivity contribution is -0.137. The largest absolute Gasteiger partial charge is 0.496 e. The van der Waals surface area contributed by atoms with Crippen LogP contribution in [0.2, 0.25) is 5.02 Å². The summed E-state index contributed by atoms with van der Waals surface area (Å²) in [7, 11) is 1.65. The molecule has 0 saturated heterocycles. The van der Waals surface area contributed by atoms with Gasteiger partial charge in [-0.3, -0.25) is 4.79 Å². The predicted octanol–water partition coefficient (Wildman–Crippen LogP) is 5.06. The van der Waals surface area contributed by atoms with Crippen molar-refractivity contribution >= 4 is 23.2 Å². The van der Waals surface area contributed by atoms with Gasteiger partial charge in [-0.15, -0.1) is 0 Å². The molecule has 1 amide bonds. The minimum Gasteiger partial charge on any atom is -0.496 e. The molecular formula is C24H27ClN2O3. The average molecular weight is 427 g/mol. The lowest BCUT2D eigenvalue weighted by atomic mass is 10.0. The van der Waals surface area contributed by atoms with Gasteiger partial charge in [-0.1, -0.05) is 53.9 Å². The van der Waals surface area contributed by atoms with Gasteiger partial charge in [0.05, 0.1) is 19.4 Å². The molecule has 1 atom stereocenters. The molecule has 0 unspecified atom stereocenters. The van der Waals surface area contributed by atoms with E-state index in [9.17, 15) is 4.79 Å². The third-order valence-corrected chi connectivity index (χ3v) is 6.09. The number of methoxy groups -OCH3 is 1. The van der Waals surface area contributed by atoms with Gasteiger partial charge >= 0.3 is 0 Å². The number of amides is 1. The zero-order chi connectivity index (χ0) is 20.9. The van der Waals surface area contributed by atoms with E-state index in [-0.39, 0.29) is 17.9 Å². The van der Waals surface area contributed by atoms with Crippen LogP contribution in [0.25, 0.3) is 0 Å². The summed E-state index contributed by atoms with van der Waals surface area (Å²) in [5.41, 5.74) is 2.82. The van der Waals surface area contributed by atoms with Crippen molar-refractivity contribution in [1.29, 1.82) is 0 Å². The fourth-order valence-electron chi connectivity index (χ4n) is 4.33. The van der Waals surface area contributed by atoms with Crippen LogP contribution in [-0.2, 0) is 16.2 Å². The number of ether oxygens (including phenoxy) is 1. The van der Waals surface area contributed by atoms with Crippen LogP contribution in [0, 0.1) is 5.92 Å². The maximum absolute atomic E-state index is 13.3. The molecule has 5 nitrogen and oxygen atoms in total. The molecule has 0 spiro atoms. The Morgan fingerprint density at radius 1 is 1.20 bits per heavy atom. The van der Waals surface area contributed by atoms with Gasteiger partial charge < -0.3 is 14.5 Å². The molecule has 1 aliphatic heterocycles. The molecule has 1 heterocycles. The lowest BCUT2D eigenvalue weighted by Crippen LogP contribution is -2.40. The summed E-state index contributed by atoms with van der Waals surface area (Å²) in [5.74, 6) is 1.10. The first-order valence-electron chi connectivity index (χ1n) is 10.5. The molecule has 30 heavy (non-hydrogen) atoms. The van der Waals surface area contributed by atoms with Crippen LogP contribution in [0.5, 0.6) is 5.75 Å². The third-order valence-electron chi connectivity index (χ3n) is 5.85. The Bertz CT molecular complexity index is 924. The topological polar surface area (TPSA) is 51.1 Å². The number of carbonyl (C=O) groups is 1. The number of rotatable bonds is 7. The first kappa shape index (κ1) is 20.7. The molecule has 6 heteroatoms. The van der Waals surface area contributed by atoms with Crippen LogP contribution in [0.4, 0.5) is 0 Å². The Morgan fingerprint density at radius 3 is 2.77 bits per heavy atom. The standard InChI is InChI=1S/C24H27ClN2O3/c1-29-23-12-5-4-11-21(23)22-14-20(30-26-22)16-27(24(28)18-8-2-3-9-18)15-17-7-6-10-19(25)13-17/h4-7,10-13,18,20H,2-3,8-9,14-16H2,1H3/t20-/m1/s1. The minimum absolute atomic E-state index is 0.111. The van der Waals surface area contributed by atoms with Crippen molar-refractivity contribution in [2.45, 2.75) is 44.8 Å². The van der Waals surface area contributed by atoms with Crippen molar-refractivity contribution in [3.63, 3.8) is 0 Å². The van der Waals surface area contributed by atoms with Gasteiger partial charge in [-0.05, 0) is 42.7 Å². The minimum atomic E-state index is -0.172.